The van der Waals surface area contributed by atoms with Gasteiger partial charge in [-0.3, -0.25) is 4.79 Å². The van der Waals surface area contributed by atoms with Crippen molar-refractivity contribution in [3.63, 3.8) is 0 Å². The van der Waals surface area contributed by atoms with E-state index in [1.54, 1.807) is 20.0 Å². The fourth-order valence-electron chi connectivity index (χ4n) is 4.01. The predicted octanol–water partition coefficient (Wildman–Crippen LogP) is 3.05. The Labute approximate surface area is 182 Å². The number of fused-ring (bicyclic) bond motifs is 1. The number of piperidine rings is 1. The number of rotatable bonds is 6. The van der Waals surface area contributed by atoms with E-state index in [2.05, 4.69) is 25.6 Å². The number of hydrogen-bond donors (Lipinski definition) is 3. The van der Waals surface area contributed by atoms with E-state index in [-0.39, 0.29) is 11.8 Å². The minimum Gasteiger partial charge on any atom is -0.386 e. The molecule has 0 unspecified atom stereocenters. The van der Waals surface area contributed by atoms with E-state index in [1.807, 2.05) is 47.8 Å². The molecular weight excluding hydrogens is 392 g/mol. The van der Waals surface area contributed by atoms with Gasteiger partial charge in [0.2, 0.25) is 5.91 Å². The summed E-state index contributed by atoms with van der Waals surface area (Å²) in [6.07, 6.45) is 3.58. The van der Waals surface area contributed by atoms with Gasteiger partial charge in [-0.05, 0) is 51.3 Å². The molecule has 4 rings (SSSR count). The number of benzene rings is 1. The molecule has 1 amide bonds. The van der Waals surface area contributed by atoms with Gasteiger partial charge in [-0.1, -0.05) is 12.1 Å². The van der Waals surface area contributed by atoms with Gasteiger partial charge in [0, 0.05) is 37.5 Å². The highest BCUT2D eigenvalue weighted by Crippen LogP contribution is 2.28. The summed E-state index contributed by atoms with van der Waals surface area (Å²) >= 11 is 0. The third kappa shape index (κ3) is 4.64. The normalized spacial score (nSPS) is 17.0. The van der Waals surface area contributed by atoms with E-state index >= 15 is 0 Å². The zero-order valence-corrected chi connectivity index (χ0v) is 18.3. The molecule has 3 N–H and O–H groups in total. The Kier molecular flexibility index (Phi) is 5.82. The Morgan fingerprint density at radius 1 is 1.26 bits per heavy atom. The summed E-state index contributed by atoms with van der Waals surface area (Å²) in [5.41, 5.74) is 1.60. The van der Waals surface area contributed by atoms with Crippen LogP contribution in [0.25, 0.3) is 5.65 Å². The van der Waals surface area contributed by atoms with E-state index in [0.29, 0.717) is 18.9 Å². The Morgan fingerprint density at radius 3 is 2.74 bits per heavy atom. The van der Waals surface area contributed by atoms with Crippen molar-refractivity contribution in [2.45, 2.75) is 39.2 Å². The lowest BCUT2D eigenvalue weighted by molar-refractivity contribution is -0.125. The molecule has 8 nitrogen and oxygen atoms in total. The Balaban J connectivity index is 1.60. The van der Waals surface area contributed by atoms with Crippen molar-refractivity contribution in [2.24, 2.45) is 5.92 Å². The summed E-state index contributed by atoms with van der Waals surface area (Å²) in [5, 5.41) is 20.9. The van der Waals surface area contributed by atoms with E-state index in [4.69, 9.17) is 0 Å². The van der Waals surface area contributed by atoms with Gasteiger partial charge in [-0.25, -0.2) is 4.98 Å². The highest BCUT2D eigenvalue weighted by atomic mass is 16.3. The minimum atomic E-state index is -0.880. The molecule has 8 heteroatoms. The molecule has 1 fully saturated rings. The largest absolute Gasteiger partial charge is 0.386 e. The number of aliphatic hydroxyl groups is 1. The number of carbonyl (C=O) groups excluding carboxylic acids is 1. The standard InChI is InChI=1S/C23H30N6O2/c1-4-24-22(30)16-6-5-13-28(15-16)21-14-19(27-20-11-12-25-29(20)21)26-18-9-7-17(8-10-18)23(2,3)31/h7-12,14,16,31H,4-6,13,15H2,1-3H3,(H,24,30)(H,26,27)/t16-/m1/s1. The van der Waals surface area contributed by atoms with Crippen LogP contribution in [0.2, 0.25) is 0 Å². The van der Waals surface area contributed by atoms with Gasteiger partial charge in [0.15, 0.2) is 5.65 Å². The van der Waals surface area contributed by atoms with Crippen LogP contribution >= 0.6 is 0 Å². The van der Waals surface area contributed by atoms with Crippen molar-refractivity contribution >= 4 is 28.9 Å². The molecule has 2 aromatic heterocycles. The average molecular weight is 423 g/mol. The highest BCUT2D eigenvalue weighted by Gasteiger charge is 2.27. The summed E-state index contributed by atoms with van der Waals surface area (Å²) in [5.74, 6) is 1.71. The lowest BCUT2D eigenvalue weighted by Gasteiger charge is -2.33. The van der Waals surface area contributed by atoms with E-state index < -0.39 is 5.60 Å². The molecule has 3 aromatic rings. The maximum atomic E-state index is 12.4. The maximum absolute atomic E-state index is 12.4. The third-order valence-corrected chi connectivity index (χ3v) is 5.67. The van der Waals surface area contributed by atoms with Crippen molar-refractivity contribution in [2.75, 3.05) is 29.9 Å². The smallest absolute Gasteiger partial charge is 0.224 e. The molecule has 0 saturated carbocycles. The van der Waals surface area contributed by atoms with Gasteiger partial charge in [-0.2, -0.15) is 9.61 Å². The van der Waals surface area contributed by atoms with Gasteiger partial charge in [0.05, 0.1) is 17.7 Å². The molecule has 1 atom stereocenters. The lowest BCUT2D eigenvalue weighted by Crippen LogP contribution is -2.43. The number of nitrogens with zero attached hydrogens (tertiary/aromatic N) is 4. The molecule has 0 bridgehead atoms. The van der Waals surface area contributed by atoms with Crippen LogP contribution in [-0.4, -0.2) is 45.2 Å². The van der Waals surface area contributed by atoms with Crippen molar-refractivity contribution in [1.29, 1.82) is 0 Å². The van der Waals surface area contributed by atoms with Gasteiger partial charge < -0.3 is 20.6 Å². The molecule has 164 valence electrons. The van der Waals surface area contributed by atoms with Crippen LogP contribution in [0.3, 0.4) is 0 Å². The second-order valence-corrected chi connectivity index (χ2v) is 8.54. The van der Waals surface area contributed by atoms with Gasteiger partial charge >= 0.3 is 0 Å². The second kappa shape index (κ2) is 8.55. The molecule has 0 aliphatic carbocycles. The first kappa shape index (κ1) is 21.1. The van der Waals surface area contributed by atoms with Crippen LogP contribution in [0.1, 0.15) is 39.2 Å². The molecule has 1 aliphatic heterocycles. The number of anilines is 3. The monoisotopic (exact) mass is 422 g/mol. The van der Waals surface area contributed by atoms with Crippen LogP contribution in [0.5, 0.6) is 0 Å². The fraction of sp³-hybridized carbons (Fsp3) is 0.435. The van der Waals surface area contributed by atoms with Crippen LogP contribution in [0, 0.1) is 5.92 Å². The topological polar surface area (TPSA) is 94.8 Å². The summed E-state index contributed by atoms with van der Waals surface area (Å²) in [7, 11) is 0. The Morgan fingerprint density at radius 2 is 2.03 bits per heavy atom. The van der Waals surface area contributed by atoms with E-state index in [0.717, 1.165) is 42.1 Å². The zero-order chi connectivity index (χ0) is 22.0. The molecule has 1 saturated heterocycles. The second-order valence-electron chi connectivity index (χ2n) is 8.54. The first-order valence-electron chi connectivity index (χ1n) is 10.8. The molecule has 31 heavy (non-hydrogen) atoms. The van der Waals surface area contributed by atoms with Crippen LogP contribution < -0.4 is 15.5 Å². The molecular formula is C23H30N6O2. The predicted molar refractivity (Wildman–Crippen MR) is 122 cm³/mol. The SMILES string of the molecule is CCNC(=O)[C@@H]1CCCN(c2cc(Nc3ccc(C(C)(C)O)cc3)nc3ccnn23)C1. The maximum Gasteiger partial charge on any atom is 0.224 e. The van der Waals surface area contributed by atoms with Crippen LogP contribution in [0.4, 0.5) is 17.3 Å². The molecule has 1 aromatic carbocycles. The fourth-order valence-corrected chi connectivity index (χ4v) is 4.01. The highest BCUT2D eigenvalue weighted by molar-refractivity contribution is 5.79. The number of amides is 1. The number of nitrogens with one attached hydrogen (secondary N) is 2. The third-order valence-electron chi connectivity index (χ3n) is 5.67. The molecule has 0 radical (unpaired) electrons. The van der Waals surface area contributed by atoms with Gasteiger partial charge in [-0.15, -0.1) is 0 Å². The van der Waals surface area contributed by atoms with Gasteiger partial charge in [0.25, 0.3) is 0 Å². The van der Waals surface area contributed by atoms with Crippen molar-refractivity contribution in [3.05, 3.63) is 48.2 Å². The lowest BCUT2D eigenvalue weighted by atomic mass is 9.97. The summed E-state index contributed by atoms with van der Waals surface area (Å²) in [4.78, 5) is 19.3. The molecule has 3 heterocycles. The average Bonchev–Trinajstić information content (AvgIpc) is 3.22. The summed E-state index contributed by atoms with van der Waals surface area (Å²) < 4.78 is 1.82. The number of carbonyl (C=O) groups is 1. The van der Waals surface area contributed by atoms with Crippen molar-refractivity contribution < 1.29 is 9.90 Å². The van der Waals surface area contributed by atoms with Crippen molar-refractivity contribution in [1.82, 2.24) is 19.9 Å². The zero-order valence-electron chi connectivity index (χ0n) is 18.3. The van der Waals surface area contributed by atoms with E-state index in [1.165, 1.54) is 0 Å². The van der Waals surface area contributed by atoms with Crippen molar-refractivity contribution in [3.8, 4) is 0 Å². The van der Waals surface area contributed by atoms with Crippen LogP contribution in [0.15, 0.2) is 42.6 Å². The van der Waals surface area contributed by atoms with Crippen LogP contribution in [-0.2, 0) is 10.4 Å². The Hall–Kier alpha value is -3.13. The molecule has 0 spiro atoms. The van der Waals surface area contributed by atoms with Gasteiger partial charge in [0.1, 0.15) is 11.6 Å². The number of aromatic nitrogens is 3. The first-order valence-corrected chi connectivity index (χ1v) is 10.8. The molecule has 1 aliphatic rings. The quantitative estimate of drug-likeness (QED) is 0.565. The summed E-state index contributed by atoms with van der Waals surface area (Å²) in [6.45, 7) is 7.65. The minimum absolute atomic E-state index is 0.0294. The Bertz CT molecular complexity index is 1050. The van der Waals surface area contributed by atoms with E-state index in [9.17, 15) is 9.90 Å². The summed E-state index contributed by atoms with van der Waals surface area (Å²) in [6, 6.07) is 11.5. The first-order chi connectivity index (χ1) is 14.8. The number of hydrogen-bond acceptors (Lipinski definition) is 6.